The maximum atomic E-state index is 11.9. The summed E-state index contributed by atoms with van der Waals surface area (Å²) in [6.45, 7) is 6.96. The molecule has 22 heavy (non-hydrogen) atoms. The first-order valence-electron chi connectivity index (χ1n) is 8.65. The van der Waals surface area contributed by atoms with E-state index < -0.39 is 0 Å². The van der Waals surface area contributed by atoms with E-state index >= 15 is 0 Å². The number of hydrogen-bond donors (Lipinski definition) is 0. The lowest BCUT2D eigenvalue weighted by Crippen LogP contribution is -2.37. The largest absolute Gasteiger partial charge is 0.356 e. The van der Waals surface area contributed by atoms with Crippen molar-refractivity contribution in [3.05, 3.63) is 23.4 Å². The molecule has 1 aromatic rings. The van der Waals surface area contributed by atoms with Gasteiger partial charge in [-0.3, -0.25) is 4.79 Å². The van der Waals surface area contributed by atoms with Crippen LogP contribution in [0.4, 0.5) is 5.82 Å². The zero-order valence-corrected chi connectivity index (χ0v) is 13.8. The molecule has 1 atom stereocenters. The molecule has 0 spiro atoms. The average molecular weight is 301 g/mol. The Labute approximate surface area is 133 Å². The van der Waals surface area contributed by atoms with Gasteiger partial charge in [0.25, 0.3) is 0 Å². The molecule has 0 saturated carbocycles. The SMILES string of the molecule is CC(=O)N1CCCCC1c1cnc(N2CCCCC2)c(C)c1. The summed E-state index contributed by atoms with van der Waals surface area (Å²) in [5, 5.41) is 0. The van der Waals surface area contributed by atoms with Crippen LogP contribution in [-0.4, -0.2) is 35.4 Å². The van der Waals surface area contributed by atoms with Crippen molar-refractivity contribution >= 4 is 11.7 Å². The van der Waals surface area contributed by atoms with E-state index in [1.165, 1.54) is 36.8 Å². The van der Waals surface area contributed by atoms with E-state index in [1.807, 2.05) is 11.1 Å². The van der Waals surface area contributed by atoms with Crippen LogP contribution in [0.1, 0.15) is 62.6 Å². The smallest absolute Gasteiger partial charge is 0.219 e. The van der Waals surface area contributed by atoms with Gasteiger partial charge in [-0.2, -0.15) is 0 Å². The van der Waals surface area contributed by atoms with Crippen LogP contribution in [0.5, 0.6) is 0 Å². The zero-order valence-electron chi connectivity index (χ0n) is 13.8. The zero-order chi connectivity index (χ0) is 15.5. The van der Waals surface area contributed by atoms with Gasteiger partial charge in [-0.05, 0) is 62.6 Å². The van der Waals surface area contributed by atoms with Crippen molar-refractivity contribution in [2.75, 3.05) is 24.5 Å². The third-order valence-corrected chi connectivity index (χ3v) is 5.02. The number of carbonyl (C=O) groups is 1. The van der Waals surface area contributed by atoms with E-state index in [0.29, 0.717) is 0 Å². The van der Waals surface area contributed by atoms with Crippen molar-refractivity contribution < 1.29 is 4.79 Å². The summed E-state index contributed by atoms with van der Waals surface area (Å²) in [6.07, 6.45) is 9.25. The molecule has 4 heteroatoms. The Morgan fingerprint density at radius 3 is 2.55 bits per heavy atom. The highest BCUT2D eigenvalue weighted by molar-refractivity contribution is 5.74. The lowest BCUT2D eigenvalue weighted by Gasteiger charge is -2.36. The minimum absolute atomic E-state index is 0.183. The van der Waals surface area contributed by atoms with Crippen LogP contribution >= 0.6 is 0 Å². The number of aryl methyl sites for hydroxylation is 1. The van der Waals surface area contributed by atoms with E-state index in [0.717, 1.165) is 38.3 Å². The topological polar surface area (TPSA) is 36.4 Å². The number of carbonyl (C=O) groups excluding carboxylic acids is 1. The third-order valence-electron chi connectivity index (χ3n) is 5.02. The lowest BCUT2D eigenvalue weighted by molar-refractivity contribution is -0.132. The fourth-order valence-electron chi connectivity index (χ4n) is 3.86. The molecule has 0 radical (unpaired) electrons. The highest BCUT2D eigenvalue weighted by Gasteiger charge is 2.26. The quantitative estimate of drug-likeness (QED) is 0.839. The van der Waals surface area contributed by atoms with E-state index in [2.05, 4.69) is 17.9 Å². The van der Waals surface area contributed by atoms with Gasteiger partial charge in [0, 0.05) is 32.8 Å². The Bertz CT molecular complexity index is 537. The normalized spacial score (nSPS) is 22.7. The molecule has 4 nitrogen and oxygen atoms in total. The molecule has 0 aromatic carbocycles. The molecule has 0 bridgehead atoms. The first kappa shape index (κ1) is 15.3. The summed E-state index contributed by atoms with van der Waals surface area (Å²) in [7, 11) is 0. The Hall–Kier alpha value is -1.58. The number of anilines is 1. The number of hydrogen-bond acceptors (Lipinski definition) is 3. The predicted molar refractivity (Wildman–Crippen MR) is 89.0 cm³/mol. The van der Waals surface area contributed by atoms with E-state index in [-0.39, 0.29) is 11.9 Å². The molecule has 2 fully saturated rings. The number of nitrogens with zero attached hydrogens (tertiary/aromatic N) is 3. The van der Waals surface area contributed by atoms with Crippen molar-refractivity contribution in [2.24, 2.45) is 0 Å². The van der Waals surface area contributed by atoms with E-state index in [1.54, 1.807) is 6.92 Å². The lowest BCUT2D eigenvalue weighted by atomic mass is 9.95. The van der Waals surface area contributed by atoms with E-state index in [4.69, 9.17) is 4.98 Å². The van der Waals surface area contributed by atoms with Crippen LogP contribution in [0, 0.1) is 6.92 Å². The number of aromatic nitrogens is 1. The minimum Gasteiger partial charge on any atom is -0.356 e. The van der Waals surface area contributed by atoms with Crippen molar-refractivity contribution in [1.82, 2.24) is 9.88 Å². The highest BCUT2D eigenvalue weighted by Crippen LogP contribution is 2.32. The molecule has 120 valence electrons. The molecule has 1 aromatic heterocycles. The number of rotatable bonds is 2. The summed E-state index contributed by atoms with van der Waals surface area (Å²) in [4.78, 5) is 21.1. The molecule has 0 N–H and O–H groups in total. The number of amides is 1. The highest BCUT2D eigenvalue weighted by atomic mass is 16.2. The third kappa shape index (κ3) is 3.11. The minimum atomic E-state index is 0.183. The molecule has 3 rings (SSSR count). The van der Waals surface area contributed by atoms with Crippen molar-refractivity contribution in [2.45, 2.75) is 58.4 Å². The summed E-state index contributed by atoms with van der Waals surface area (Å²) in [5.74, 6) is 1.32. The predicted octanol–water partition coefficient (Wildman–Crippen LogP) is 3.45. The van der Waals surface area contributed by atoms with Gasteiger partial charge in [0.1, 0.15) is 5.82 Å². The van der Waals surface area contributed by atoms with Crippen LogP contribution in [0.25, 0.3) is 0 Å². The van der Waals surface area contributed by atoms with Gasteiger partial charge in [-0.25, -0.2) is 4.98 Å². The molecule has 2 aliphatic rings. The second-order valence-electron chi connectivity index (χ2n) is 6.68. The average Bonchev–Trinajstić information content (AvgIpc) is 2.55. The van der Waals surface area contributed by atoms with Crippen molar-refractivity contribution in [3.63, 3.8) is 0 Å². The molecular formula is C18H27N3O. The van der Waals surface area contributed by atoms with Gasteiger partial charge in [0.05, 0.1) is 6.04 Å². The van der Waals surface area contributed by atoms with Gasteiger partial charge >= 0.3 is 0 Å². The van der Waals surface area contributed by atoms with Gasteiger partial charge in [0.15, 0.2) is 0 Å². The number of pyridine rings is 1. The van der Waals surface area contributed by atoms with Gasteiger partial charge in [-0.15, -0.1) is 0 Å². The molecule has 0 aliphatic carbocycles. The Kier molecular flexibility index (Phi) is 4.65. The van der Waals surface area contributed by atoms with Crippen molar-refractivity contribution in [1.29, 1.82) is 0 Å². The molecule has 1 amide bonds. The van der Waals surface area contributed by atoms with Gasteiger partial charge in [-0.1, -0.05) is 0 Å². The summed E-state index contributed by atoms with van der Waals surface area (Å²) in [5.41, 5.74) is 2.45. The number of piperidine rings is 2. The Balaban J connectivity index is 1.82. The number of likely N-dealkylation sites (tertiary alicyclic amines) is 1. The fourth-order valence-corrected chi connectivity index (χ4v) is 3.86. The first-order chi connectivity index (χ1) is 10.7. The van der Waals surface area contributed by atoms with Gasteiger partial charge < -0.3 is 9.80 Å². The monoisotopic (exact) mass is 301 g/mol. The molecule has 1 unspecified atom stereocenters. The molecule has 2 aliphatic heterocycles. The molecule has 2 saturated heterocycles. The van der Waals surface area contributed by atoms with Crippen LogP contribution in [0.15, 0.2) is 12.3 Å². The van der Waals surface area contributed by atoms with Crippen LogP contribution in [0.2, 0.25) is 0 Å². The second kappa shape index (κ2) is 6.67. The van der Waals surface area contributed by atoms with Crippen LogP contribution in [-0.2, 0) is 4.79 Å². The summed E-state index contributed by atoms with van der Waals surface area (Å²) >= 11 is 0. The Morgan fingerprint density at radius 2 is 1.86 bits per heavy atom. The van der Waals surface area contributed by atoms with E-state index in [9.17, 15) is 4.79 Å². The van der Waals surface area contributed by atoms with Crippen LogP contribution in [0.3, 0.4) is 0 Å². The second-order valence-corrected chi connectivity index (χ2v) is 6.68. The van der Waals surface area contributed by atoms with Gasteiger partial charge in [0.2, 0.25) is 5.91 Å². The Morgan fingerprint density at radius 1 is 1.14 bits per heavy atom. The van der Waals surface area contributed by atoms with Crippen LogP contribution < -0.4 is 4.90 Å². The maximum Gasteiger partial charge on any atom is 0.219 e. The molecule has 3 heterocycles. The first-order valence-corrected chi connectivity index (χ1v) is 8.65. The fraction of sp³-hybridized carbons (Fsp3) is 0.667. The van der Waals surface area contributed by atoms with Crippen molar-refractivity contribution in [3.8, 4) is 0 Å². The molecular weight excluding hydrogens is 274 g/mol. The summed E-state index contributed by atoms with van der Waals surface area (Å²) < 4.78 is 0. The standard InChI is InChI=1S/C18H27N3O/c1-14-12-16(17-8-4-7-11-21(17)15(2)22)13-19-18(14)20-9-5-3-6-10-20/h12-13,17H,3-11H2,1-2H3. The summed E-state index contributed by atoms with van der Waals surface area (Å²) in [6, 6.07) is 2.47. The maximum absolute atomic E-state index is 11.9.